The Kier molecular flexibility index (Phi) is 5.37. The second-order valence-corrected chi connectivity index (χ2v) is 6.09. The number of carbonyl (C=O) groups excluding carboxylic acids is 1. The molecule has 1 saturated heterocycles. The third-order valence-electron chi connectivity index (χ3n) is 3.50. The molecule has 1 aliphatic heterocycles. The lowest BCUT2D eigenvalue weighted by Crippen LogP contribution is -2.30. The summed E-state index contributed by atoms with van der Waals surface area (Å²) in [5.41, 5.74) is 0.903. The summed E-state index contributed by atoms with van der Waals surface area (Å²) in [5, 5.41) is 1.01. The van der Waals surface area contributed by atoms with Gasteiger partial charge in [0.25, 0.3) is 0 Å². The fourth-order valence-electron chi connectivity index (χ4n) is 2.39. The maximum absolute atomic E-state index is 12.2. The van der Waals surface area contributed by atoms with Crippen LogP contribution >= 0.6 is 34.8 Å². The minimum atomic E-state index is 0.149. The zero-order valence-electron chi connectivity index (χ0n) is 10.5. The Balaban J connectivity index is 1.92. The highest BCUT2D eigenvalue weighted by Gasteiger charge is 2.25. The minimum Gasteiger partial charge on any atom is -0.342 e. The fraction of sp³-hybridized carbons (Fsp3) is 0.500. The van der Waals surface area contributed by atoms with Crippen LogP contribution in [0.5, 0.6) is 0 Å². The van der Waals surface area contributed by atoms with E-state index in [1.165, 1.54) is 0 Å². The average molecular weight is 321 g/mol. The van der Waals surface area contributed by atoms with Crippen molar-refractivity contribution in [3.05, 3.63) is 33.8 Å². The maximum atomic E-state index is 12.2. The molecule has 0 aromatic heterocycles. The van der Waals surface area contributed by atoms with Gasteiger partial charge in [0.2, 0.25) is 5.91 Å². The Bertz CT molecular complexity index is 464. The SMILES string of the molecule is O=C(Cc1ccc(Cl)c(Cl)c1)N1CCC(CCCl)C1. The summed E-state index contributed by atoms with van der Waals surface area (Å²) in [6, 6.07) is 5.33. The molecule has 1 atom stereocenters. The van der Waals surface area contributed by atoms with Gasteiger partial charge in [-0.25, -0.2) is 0 Å². The quantitative estimate of drug-likeness (QED) is 0.768. The molecule has 104 valence electrons. The molecule has 2 rings (SSSR count). The van der Waals surface area contributed by atoms with Gasteiger partial charge in [-0.2, -0.15) is 0 Å². The van der Waals surface area contributed by atoms with Gasteiger partial charge in [0.15, 0.2) is 0 Å². The lowest BCUT2D eigenvalue weighted by Gasteiger charge is -2.16. The number of halogens is 3. The van der Waals surface area contributed by atoms with Gasteiger partial charge in [-0.05, 0) is 36.5 Å². The molecule has 0 saturated carbocycles. The van der Waals surface area contributed by atoms with Crippen LogP contribution in [0.4, 0.5) is 0 Å². The molecule has 5 heteroatoms. The number of nitrogens with zero attached hydrogens (tertiary/aromatic N) is 1. The first kappa shape index (κ1) is 15.0. The van der Waals surface area contributed by atoms with Gasteiger partial charge in [0.05, 0.1) is 16.5 Å². The van der Waals surface area contributed by atoms with Gasteiger partial charge in [-0.3, -0.25) is 4.79 Å². The molecule has 0 spiro atoms. The summed E-state index contributed by atoms with van der Waals surface area (Å²) in [6.07, 6.45) is 2.42. The zero-order chi connectivity index (χ0) is 13.8. The second kappa shape index (κ2) is 6.83. The van der Waals surface area contributed by atoms with E-state index in [-0.39, 0.29) is 5.91 Å². The molecule has 0 radical (unpaired) electrons. The molecule has 0 bridgehead atoms. The lowest BCUT2D eigenvalue weighted by atomic mass is 10.1. The monoisotopic (exact) mass is 319 g/mol. The number of hydrogen-bond donors (Lipinski definition) is 0. The first-order chi connectivity index (χ1) is 9.10. The molecule has 1 amide bonds. The molecule has 1 aliphatic rings. The topological polar surface area (TPSA) is 20.3 Å². The van der Waals surface area contributed by atoms with Crippen LogP contribution in [0.25, 0.3) is 0 Å². The van der Waals surface area contributed by atoms with E-state index in [1.807, 2.05) is 11.0 Å². The van der Waals surface area contributed by atoms with E-state index < -0.39 is 0 Å². The fourth-order valence-corrected chi connectivity index (χ4v) is 3.01. The Labute approximate surface area is 128 Å². The third-order valence-corrected chi connectivity index (χ3v) is 4.45. The van der Waals surface area contributed by atoms with Crippen molar-refractivity contribution in [3.63, 3.8) is 0 Å². The van der Waals surface area contributed by atoms with Crippen LogP contribution in [0.15, 0.2) is 18.2 Å². The number of alkyl halides is 1. The van der Waals surface area contributed by atoms with Crippen molar-refractivity contribution in [2.75, 3.05) is 19.0 Å². The summed E-state index contributed by atoms with van der Waals surface area (Å²) in [5.74, 6) is 1.37. The van der Waals surface area contributed by atoms with Gasteiger partial charge < -0.3 is 4.90 Å². The Morgan fingerprint density at radius 3 is 2.79 bits per heavy atom. The molecular formula is C14H16Cl3NO. The molecule has 1 aromatic carbocycles. The average Bonchev–Trinajstić information content (AvgIpc) is 2.83. The van der Waals surface area contributed by atoms with Crippen LogP contribution < -0.4 is 0 Å². The molecule has 1 aromatic rings. The van der Waals surface area contributed by atoms with E-state index in [4.69, 9.17) is 34.8 Å². The molecule has 0 N–H and O–H groups in total. The lowest BCUT2D eigenvalue weighted by molar-refractivity contribution is -0.129. The van der Waals surface area contributed by atoms with Crippen LogP contribution in [0.2, 0.25) is 10.0 Å². The first-order valence-corrected chi connectivity index (χ1v) is 7.67. The Morgan fingerprint density at radius 1 is 1.32 bits per heavy atom. The van der Waals surface area contributed by atoms with Gasteiger partial charge in [0, 0.05) is 19.0 Å². The number of amides is 1. The van der Waals surface area contributed by atoms with Crippen LogP contribution in [-0.2, 0) is 11.2 Å². The predicted octanol–water partition coefficient (Wildman–Crippen LogP) is 4.01. The van der Waals surface area contributed by atoms with Crippen LogP contribution in [0.3, 0.4) is 0 Å². The summed E-state index contributed by atoms with van der Waals surface area (Å²) in [4.78, 5) is 14.1. The van der Waals surface area contributed by atoms with Crippen molar-refractivity contribution < 1.29 is 4.79 Å². The number of benzene rings is 1. The highest BCUT2D eigenvalue weighted by Crippen LogP contribution is 2.24. The highest BCUT2D eigenvalue weighted by molar-refractivity contribution is 6.42. The van der Waals surface area contributed by atoms with Gasteiger partial charge in [0.1, 0.15) is 0 Å². The van der Waals surface area contributed by atoms with E-state index in [1.54, 1.807) is 12.1 Å². The van der Waals surface area contributed by atoms with E-state index in [0.717, 1.165) is 31.5 Å². The summed E-state index contributed by atoms with van der Waals surface area (Å²) in [6.45, 7) is 1.66. The van der Waals surface area contributed by atoms with E-state index in [9.17, 15) is 4.79 Å². The van der Waals surface area contributed by atoms with Crippen molar-refractivity contribution in [3.8, 4) is 0 Å². The number of rotatable bonds is 4. The van der Waals surface area contributed by atoms with Crippen LogP contribution in [-0.4, -0.2) is 29.8 Å². The summed E-state index contributed by atoms with van der Waals surface area (Å²) >= 11 is 17.5. The van der Waals surface area contributed by atoms with E-state index in [2.05, 4.69) is 0 Å². The number of likely N-dealkylation sites (tertiary alicyclic amines) is 1. The normalized spacial score (nSPS) is 18.9. The van der Waals surface area contributed by atoms with Gasteiger partial charge in [-0.1, -0.05) is 29.3 Å². The highest BCUT2D eigenvalue weighted by atomic mass is 35.5. The van der Waals surface area contributed by atoms with Crippen LogP contribution in [0, 0.1) is 5.92 Å². The molecule has 2 nitrogen and oxygen atoms in total. The minimum absolute atomic E-state index is 0.149. The van der Waals surface area contributed by atoms with Crippen molar-refractivity contribution in [2.24, 2.45) is 5.92 Å². The summed E-state index contributed by atoms with van der Waals surface area (Å²) in [7, 11) is 0. The molecule has 19 heavy (non-hydrogen) atoms. The van der Waals surface area contributed by atoms with Gasteiger partial charge >= 0.3 is 0 Å². The molecule has 1 fully saturated rings. The van der Waals surface area contributed by atoms with Crippen LogP contribution in [0.1, 0.15) is 18.4 Å². The summed E-state index contributed by atoms with van der Waals surface area (Å²) < 4.78 is 0. The van der Waals surface area contributed by atoms with Crippen molar-refractivity contribution >= 4 is 40.7 Å². The van der Waals surface area contributed by atoms with E-state index >= 15 is 0 Å². The molecule has 1 heterocycles. The standard InChI is InChI=1S/C14H16Cl3NO/c15-5-3-10-4-6-18(9-10)14(19)8-11-1-2-12(16)13(17)7-11/h1-2,7,10H,3-6,8-9H2. The maximum Gasteiger partial charge on any atom is 0.226 e. The second-order valence-electron chi connectivity index (χ2n) is 4.90. The third kappa shape index (κ3) is 4.01. The van der Waals surface area contributed by atoms with E-state index in [0.29, 0.717) is 28.3 Å². The van der Waals surface area contributed by atoms with Crippen molar-refractivity contribution in [1.29, 1.82) is 0 Å². The number of hydrogen-bond acceptors (Lipinski definition) is 1. The molecule has 1 unspecified atom stereocenters. The largest absolute Gasteiger partial charge is 0.342 e. The van der Waals surface area contributed by atoms with Crippen molar-refractivity contribution in [1.82, 2.24) is 4.90 Å². The van der Waals surface area contributed by atoms with Gasteiger partial charge in [-0.15, -0.1) is 11.6 Å². The Hall–Kier alpha value is -0.440. The predicted molar refractivity (Wildman–Crippen MR) is 80.2 cm³/mol. The number of carbonyl (C=O) groups is 1. The zero-order valence-corrected chi connectivity index (χ0v) is 12.8. The Morgan fingerprint density at radius 2 is 2.11 bits per heavy atom. The van der Waals surface area contributed by atoms with Crippen molar-refractivity contribution in [2.45, 2.75) is 19.3 Å². The molecular weight excluding hydrogens is 305 g/mol. The first-order valence-electron chi connectivity index (χ1n) is 6.38. The molecule has 0 aliphatic carbocycles. The smallest absolute Gasteiger partial charge is 0.226 e.